The molecule has 2 N–H and O–H groups in total. The van der Waals surface area contributed by atoms with E-state index < -0.39 is 11.2 Å². The Balaban J connectivity index is 0.00000210. The van der Waals surface area contributed by atoms with Gasteiger partial charge in [0.25, 0.3) is 11.5 Å². The highest BCUT2D eigenvalue weighted by Gasteiger charge is 2.14. The number of benzene rings is 1. The van der Waals surface area contributed by atoms with E-state index >= 15 is 0 Å². The van der Waals surface area contributed by atoms with Crippen molar-refractivity contribution in [1.82, 2.24) is 19.4 Å². The van der Waals surface area contributed by atoms with Crippen molar-refractivity contribution in [1.29, 1.82) is 0 Å². The maximum Gasteiger partial charge on any atom is 0.332 e. The van der Waals surface area contributed by atoms with E-state index in [1.54, 1.807) is 6.07 Å². The molecule has 0 fully saturated rings. The Hall–Kier alpha value is -2.68. The second-order valence-electron chi connectivity index (χ2n) is 6.24. The molecule has 0 aliphatic heterocycles. The van der Waals surface area contributed by atoms with Crippen LogP contribution in [-0.2, 0) is 20.6 Å². The van der Waals surface area contributed by atoms with E-state index in [9.17, 15) is 14.4 Å². The summed E-state index contributed by atoms with van der Waals surface area (Å²) in [5.74, 6) is -0.374. The smallest absolute Gasteiger partial charge is 0.322 e. The van der Waals surface area contributed by atoms with Gasteiger partial charge in [-0.3, -0.25) is 18.7 Å². The molecule has 10 heteroatoms. The lowest BCUT2D eigenvalue weighted by Gasteiger charge is -2.10. The van der Waals surface area contributed by atoms with E-state index in [2.05, 4.69) is 15.6 Å². The van der Waals surface area contributed by atoms with Gasteiger partial charge >= 0.3 is 5.69 Å². The first-order valence-corrected chi connectivity index (χ1v) is 8.59. The van der Waals surface area contributed by atoms with Crippen LogP contribution >= 0.6 is 24.8 Å². The summed E-state index contributed by atoms with van der Waals surface area (Å²) in [6.45, 7) is 3.59. The summed E-state index contributed by atoms with van der Waals surface area (Å²) < 4.78 is 2.28. The topological polar surface area (TPSA) is 98.0 Å². The number of carbonyl (C=O) groups is 1. The van der Waals surface area contributed by atoms with Crippen molar-refractivity contribution in [3.8, 4) is 0 Å². The van der Waals surface area contributed by atoms with Gasteiger partial charge in [0.1, 0.15) is 5.65 Å². The summed E-state index contributed by atoms with van der Waals surface area (Å²) in [7, 11) is 2.93. The largest absolute Gasteiger partial charge is 0.332 e. The van der Waals surface area contributed by atoms with Crippen LogP contribution in [0.2, 0.25) is 0 Å². The number of amides is 1. The number of halogens is 2. The number of aromatic nitrogens is 3. The number of nitrogens with one attached hydrogen (secondary N) is 2. The van der Waals surface area contributed by atoms with Crippen LogP contribution in [0.15, 0.2) is 46.1 Å². The molecule has 0 aliphatic carbocycles. The minimum absolute atomic E-state index is 0. The van der Waals surface area contributed by atoms with Gasteiger partial charge < -0.3 is 10.6 Å². The fraction of sp³-hybridized carbons (Fsp3) is 0.263. The van der Waals surface area contributed by atoms with Crippen LogP contribution in [-0.4, -0.2) is 26.6 Å². The average molecular weight is 440 g/mol. The first-order valence-electron chi connectivity index (χ1n) is 8.59. The Bertz CT molecular complexity index is 1140. The van der Waals surface area contributed by atoms with Crippen LogP contribution in [0, 0.1) is 0 Å². The van der Waals surface area contributed by atoms with Gasteiger partial charge in [-0.1, -0.05) is 19.1 Å². The Kier molecular flexibility index (Phi) is 8.57. The SMILES string of the molecule is CCNCc1cccc(NC(=O)c2cnc3c(c2)c(=O)n(C)c(=O)n3C)c1.Cl.Cl. The molecule has 0 spiro atoms. The highest BCUT2D eigenvalue weighted by molar-refractivity contribution is 6.05. The van der Waals surface area contributed by atoms with Gasteiger partial charge in [0.15, 0.2) is 0 Å². The lowest BCUT2D eigenvalue weighted by Crippen LogP contribution is -2.37. The van der Waals surface area contributed by atoms with Crippen LogP contribution in [0.25, 0.3) is 11.0 Å². The zero-order valence-corrected chi connectivity index (χ0v) is 17.9. The highest BCUT2D eigenvalue weighted by Crippen LogP contribution is 2.14. The zero-order chi connectivity index (χ0) is 19.6. The van der Waals surface area contributed by atoms with Crippen molar-refractivity contribution >= 4 is 47.4 Å². The molecule has 8 nitrogen and oxygen atoms in total. The van der Waals surface area contributed by atoms with Gasteiger partial charge in [-0.2, -0.15) is 0 Å². The Morgan fingerprint density at radius 2 is 1.83 bits per heavy atom. The summed E-state index contributed by atoms with van der Waals surface area (Å²) in [5.41, 5.74) is 1.25. The normalized spacial score (nSPS) is 10.2. The van der Waals surface area contributed by atoms with Gasteiger partial charge in [0, 0.05) is 32.5 Å². The lowest BCUT2D eigenvalue weighted by atomic mass is 10.1. The van der Waals surface area contributed by atoms with E-state index in [-0.39, 0.29) is 47.3 Å². The second kappa shape index (κ2) is 10.2. The standard InChI is InChI=1S/C19H21N5O3.2ClH/c1-4-20-10-12-6-5-7-14(8-12)22-17(25)13-9-15-16(21-11-13)23(2)19(27)24(3)18(15)26;;/h5-9,11,20H,4,10H2,1-3H3,(H,22,25);2*1H. The first-order chi connectivity index (χ1) is 12.9. The van der Waals surface area contributed by atoms with Gasteiger partial charge in [-0.25, -0.2) is 9.78 Å². The minimum Gasteiger partial charge on any atom is -0.322 e. The van der Waals surface area contributed by atoms with E-state index in [1.165, 1.54) is 30.9 Å². The van der Waals surface area contributed by atoms with Crippen molar-refractivity contribution in [3.05, 3.63) is 68.5 Å². The molecule has 2 aromatic heterocycles. The molecular formula is C19H23Cl2N5O3. The average Bonchev–Trinajstić information content (AvgIpc) is 2.69. The number of hydrogen-bond acceptors (Lipinski definition) is 5. The van der Waals surface area contributed by atoms with Crippen LogP contribution < -0.4 is 21.9 Å². The fourth-order valence-electron chi connectivity index (χ4n) is 2.82. The molecule has 0 atom stereocenters. The number of fused-ring (bicyclic) bond motifs is 1. The van der Waals surface area contributed by atoms with Crippen LogP contribution in [0.5, 0.6) is 0 Å². The molecule has 0 saturated heterocycles. The third-order valence-electron chi connectivity index (χ3n) is 4.32. The summed E-state index contributed by atoms with van der Waals surface area (Å²) in [5, 5.41) is 6.26. The summed E-state index contributed by atoms with van der Waals surface area (Å²) in [4.78, 5) is 41.1. The molecule has 1 amide bonds. The van der Waals surface area contributed by atoms with E-state index in [0.29, 0.717) is 12.2 Å². The summed E-state index contributed by atoms with van der Waals surface area (Å²) >= 11 is 0. The Labute approximate surface area is 179 Å². The van der Waals surface area contributed by atoms with Crippen molar-refractivity contribution in [2.24, 2.45) is 14.1 Å². The molecule has 0 saturated carbocycles. The number of rotatable bonds is 5. The Morgan fingerprint density at radius 3 is 2.52 bits per heavy atom. The fourth-order valence-corrected chi connectivity index (χ4v) is 2.82. The molecule has 0 unspecified atom stereocenters. The van der Waals surface area contributed by atoms with E-state index in [0.717, 1.165) is 16.7 Å². The van der Waals surface area contributed by atoms with Gasteiger partial charge in [-0.15, -0.1) is 24.8 Å². The molecule has 1 aromatic carbocycles. The lowest BCUT2D eigenvalue weighted by molar-refractivity contribution is 0.102. The highest BCUT2D eigenvalue weighted by atomic mass is 35.5. The van der Waals surface area contributed by atoms with Crippen LogP contribution in [0.3, 0.4) is 0 Å². The van der Waals surface area contributed by atoms with Crippen LogP contribution in [0.1, 0.15) is 22.8 Å². The zero-order valence-electron chi connectivity index (χ0n) is 16.3. The quantitative estimate of drug-likeness (QED) is 0.631. The van der Waals surface area contributed by atoms with E-state index in [4.69, 9.17) is 0 Å². The third-order valence-corrected chi connectivity index (χ3v) is 4.32. The first kappa shape index (κ1) is 24.4. The third kappa shape index (κ3) is 5.03. The molecule has 156 valence electrons. The predicted octanol–water partition coefficient (Wildman–Crippen LogP) is 1.84. The minimum atomic E-state index is -0.483. The van der Waals surface area contributed by atoms with Crippen molar-refractivity contribution < 1.29 is 4.79 Å². The van der Waals surface area contributed by atoms with Gasteiger partial charge in [0.2, 0.25) is 0 Å². The monoisotopic (exact) mass is 439 g/mol. The molecule has 3 aromatic rings. The summed E-state index contributed by atoms with van der Waals surface area (Å²) in [6.07, 6.45) is 1.36. The van der Waals surface area contributed by atoms with Gasteiger partial charge in [-0.05, 0) is 30.3 Å². The predicted molar refractivity (Wildman–Crippen MR) is 118 cm³/mol. The molecule has 29 heavy (non-hydrogen) atoms. The molecular weight excluding hydrogens is 417 g/mol. The molecule has 0 bridgehead atoms. The van der Waals surface area contributed by atoms with E-state index in [1.807, 2.05) is 25.1 Å². The molecule has 2 heterocycles. The number of carbonyl (C=O) groups excluding carboxylic acids is 1. The molecule has 0 aliphatic rings. The maximum atomic E-state index is 12.6. The van der Waals surface area contributed by atoms with Crippen molar-refractivity contribution in [2.45, 2.75) is 13.5 Å². The molecule has 3 rings (SSSR count). The number of pyridine rings is 1. The summed E-state index contributed by atoms with van der Waals surface area (Å²) in [6, 6.07) is 8.98. The number of aryl methyl sites for hydroxylation is 1. The Morgan fingerprint density at radius 1 is 1.10 bits per heavy atom. The molecule has 0 radical (unpaired) electrons. The second-order valence-corrected chi connectivity index (χ2v) is 6.24. The van der Waals surface area contributed by atoms with Crippen LogP contribution in [0.4, 0.5) is 5.69 Å². The number of hydrogen-bond donors (Lipinski definition) is 2. The number of nitrogens with zero attached hydrogens (tertiary/aromatic N) is 3. The van der Waals surface area contributed by atoms with Crippen molar-refractivity contribution in [3.63, 3.8) is 0 Å². The number of anilines is 1. The van der Waals surface area contributed by atoms with Gasteiger partial charge in [0.05, 0.1) is 10.9 Å². The maximum absolute atomic E-state index is 12.6. The van der Waals surface area contributed by atoms with Crippen molar-refractivity contribution in [2.75, 3.05) is 11.9 Å².